The summed E-state index contributed by atoms with van der Waals surface area (Å²) in [5, 5.41) is 4.92. The number of aryl methyl sites for hydroxylation is 1. The van der Waals surface area contributed by atoms with Crippen LogP contribution in [0.3, 0.4) is 0 Å². The van der Waals surface area contributed by atoms with Crippen LogP contribution >= 0.6 is 11.5 Å². The van der Waals surface area contributed by atoms with Crippen molar-refractivity contribution < 1.29 is 0 Å². The molecule has 0 atom stereocenters. The summed E-state index contributed by atoms with van der Waals surface area (Å²) in [6.07, 6.45) is 1.86. The molecule has 0 spiro atoms. The van der Waals surface area contributed by atoms with Crippen LogP contribution in [-0.4, -0.2) is 19.1 Å². The number of nitrogens with two attached hydrogens (primary N) is 1. The number of nitrogen functional groups attached to an aromatic ring is 1. The molecular formula is C9H13N5S. The minimum atomic E-state index is 0.337. The molecule has 80 valence electrons. The van der Waals surface area contributed by atoms with Crippen LogP contribution in [0, 0.1) is 6.92 Å². The first-order valence-corrected chi connectivity index (χ1v) is 5.51. The van der Waals surface area contributed by atoms with Crippen molar-refractivity contribution >= 4 is 17.4 Å². The van der Waals surface area contributed by atoms with Crippen molar-refractivity contribution in [3.8, 4) is 5.13 Å². The van der Waals surface area contributed by atoms with Gasteiger partial charge in [0.1, 0.15) is 11.6 Å². The highest BCUT2D eigenvalue weighted by atomic mass is 32.1. The van der Waals surface area contributed by atoms with Crippen molar-refractivity contribution in [2.45, 2.75) is 26.7 Å². The van der Waals surface area contributed by atoms with Gasteiger partial charge in [-0.15, -0.1) is 5.10 Å². The number of aromatic nitrogens is 4. The fraction of sp³-hybridized carbons (Fsp3) is 0.444. The van der Waals surface area contributed by atoms with E-state index in [1.807, 2.05) is 13.1 Å². The van der Waals surface area contributed by atoms with Gasteiger partial charge in [-0.1, -0.05) is 13.8 Å². The summed E-state index contributed by atoms with van der Waals surface area (Å²) in [5.74, 6) is 1.72. The van der Waals surface area contributed by atoms with Crippen molar-refractivity contribution in [3.63, 3.8) is 0 Å². The van der Waals surface area contributed by atoms with Crippen molar-refractivity contribution in [1.29, 1.82) is 0 Å². The Labute approximate surface area is 92.1 Å². The maximum Gasteiger partial charge on any atom is 0.230 e. The molecule has 6 heteroatoms. The minimum Gasteiger partial charge on any atom is -0.382 e. The minimum absolute atomic E-state index is 0.337. The molecule has 2 aromatic rings. The van der Waals surface area contributed by atoms with Gasteiger partial charge in [0.25, 0.3) is 0 Å². The molecule has 0 aromatic carbocycles. The maximum absolute atomic E-state index is 5.67. The van der Waals surface area contributed by atoms with Gasteiger partial charge in [0.05, 0.1) is 0 Å². The molecule has 0 fully saturated rings. The van der Waals surface area contributed by atoms with E-state index in [4.69, 9.17) is 5.73 Å². The number of anilines is 1. The third-order valence-electron chi connectivity index (χ3n) is 2.08. The van der Waals surface area contributed by atoms with Crippen LogP contribution in [0.5, 0.6) is 0 Å². The molecule has 15 heavy (non-hydrogen) atoms. The number of hydrogen-bond donors (Lipinski definition) is 1. The van der Waals surface area contributed by atoms with E-state index in [2.05, 4.69) is 28.3 Å². The van der Waals surface area contributed by atoms with Gasteiger partial charge in [-0.25, -0.2) is 9.67 Å². The predicted octanol–water partition coefficient (Wildman–Crippen LogP) is 1.74. The molecule has 0 aliphatic heterocycles. The van der Waals surface area contributed by atoms with Gasteiger partial charge < -0.3 is 5.73 Å². The molecule has 0 bridgehead atoms. The molecule has 0 aliphatic rings. The third kappa shape index (κ3) is 1.85. The molecule has 2 N–H and O–H groups in total. The van der Waals surface area contributed by atoms with Crippen molar-refractivity contribution in [1.82, 2.24) is 19.1 Å². The van der Waals surface area contributed by atoms with Crippen LogP contribution in [0.25, 0.3) is 5.13 Å². The van der Waals surface area contributed by atoms with Gasteiger partial charge in [0.2, 0.25) is 5.13 Å². The largest absolute Gasteiger partial charge is 0.382 e. The fourth-order valence-electron chi connectivity index (χ4n) is 1.13. The molecule has 0 radical (unpaired) electrons. The standard InChI is InChI=1S/C9H13N5S/c1-5(2)8-11-9(15-13-8)14-4-6(3)7(10)12-14/h4-5H,1-3H3,(H2,10,12). The lowest BCUT2D eigenvalue weighted by Gasteiger charge is -1.95. The lowest BCUT2D eigenvalue weighted by molar-refractivity contribution is 0.782. The quantitative estimate of drug-likeness (QED) is 0.841. The van der Waals surface area contributed by atoms with Crippen LogP contribution < -0.4 is 5.73 Å². The second-order valence-corrected chi connectivity index (χ2v) is 4.46. The fourth-order valence-corrected chi connectivity index (χ4v) is 1.86. The molecule has 2 aromatic heterocycles. The topological polar surface area (TPSA) is 69.6 Å². The predicted molar refractivity (Wildman–Crippen MR) is 60.3 cm³/mol. The maximum atomic E-state index is 5.67. The van der Waals surface area contributed by atoms with Gasteiger partial charge in [-0.3, -0.25) is 0 Å². The van der Waals surface area contributed by atoms with E-state index in [0.29, 0.717) is 11.7 Å². The number of nitrogens with zero attached hydrogens (tertiary/aromatic N) is 4. The lowest BCUT2D eigenvalue weighted by atomic mass is 10.2. The second kappa shape index (κ2) is 3.62. The Morgan fingerprint density at radius 2 is 2.20 bits per heavy atom. The molecule has 2 heterocycles. The summed E-state index contributed by atoms with van der Waals surface area (Å²) in [6, 6.07) is 0. The Morgan fingerprint density at radius 1 is 1.47 bits per heavy atom. The second-order valence-electron chi connectivity index (χ2n) is 3.73. The average Bonchev–Trinajstić information content (AvgIpc) is 2.74. The van der Waals surface area contributed by atoms with Gasteiger partial charge in [0.15, 0.2) is 0 Å². The van der Waals surface area contributed by atoms with Crippen LogP contribution in [0.2, 0.25) is 0 Å². The van der Waals surface area contributed by atoms with E-state index in [9.17, 15) is 0 Å². The zero-order valence-corrected chi connectivity index (χ0v) is 9.75. The Hall–Kier alpha value is -1.43. The van der Waals surface area contributed by atoms with Crippen molar-refractivity contribution in [3.05, 3.63) is 17.6 Å². The summed E-state index contributed by atoms with van der Waals surface area (Å²) >= 11 is 1.34. The SMILES string of the molecule is Cc1cn(-c2nc(C(C)C)ns2)nc1N. The number of hydrogen-bond acceptors (Lipinski definition) is 5. The van der Waals surface area contributed by atoms with Crippen molar-refractivity contribution in [2.24, 2.45) is 0 Å². The van der Waals surface area contributed by atoms with E-state index in [1.165, 1.54) is 11.5 Å². The first-order valence-electron chi connectivity index (χ1n) is 4.73. The van der Waals surface area contributed by atoms with Crippen molar-refractivity contribution in [2.75, 3.05) is 5.73 Å². The molecule has 0 aliphatic carbocycles. The molecular weight excluding hydrogens is 210 g/mol. The molecule has 2 rings (SSSR count). The normalized spacial score (nSPS) is 11.2. The summed E-state index contributed by atoms with van der Waals surface area (Å²) in [5.41, 5.74) is 6.62. The smallest absolute Gasteiger partial charge is 0.230 e. The summed E-state index contributed by atoms with van der Waals surface area (Å²) < 4.78 is 5.93. The average molecular weight is 223 g/mol. The lowest BCUT2D eigenvalue weighted by Crippen LogP contribution is -1.97. The van der Waals surface area contributed by atoms with E-state index in [-0.39, 0.29) is 0 Å². The summed E-state index contributed by atoms with van der Waals surface area (Å²) in [7, 11) is 0. The van der Waals surface area contributed by atoms with Gasteiger partial charge in [-0.2, -0.15) is 4.37 Å². The Bertz CT molecular complexity index is 451. The first-order chi connectivity index (χ1) is 7.08. The van der Waals surface area contributed by atoms with Gasteiger partial charge in [0, 0.05) is 29.2 Å². The third-order valence-corrected chi connectivity index (χ3v) is 2.80. The monoisotopic (exact) mass is 223 g/mol. The highest BCUT2D eigenvalue weighted by Gasteiger charge is 2.10. The molecule has 0 saturated heterocycles. The van der Waals surface area contributed by atoms with Gasteiger partial charge >= 0.3 is 0 Å². The molecule has 0 saturated carbocycles. The van der Waals surface area contributed by atoms with E-state index in [0.717, 1.165) is 16.5 Å². The number of rotatable bonds is 2. The summed E-state index contributed by atoms with van der Waals surface area (Å²) in [6.45, 7) is 6.05. The molecule has 0 amide bonds. The molecule has 0 unspecified atom stereocenters. The van der Waals surface area contributed by atoms with Gasteiger partial charge in [-0.05, 0) is 6.92 Å². The zero-order valence-electron chi connectivity index (χ0n) is 8.93. The first kappa shape index (κ1) is 10.1. The Morgan fingerprint density at radius 3 is 2.67 bits per heavy atom. The zero-order chi connectivity index (χ0) is 11.0. The van der Waals surface area contributed by atoms with E-state index >= 15 is 0 Å². The van der Waals surface area contributed by atoms with E-state index in [1.54, 1.807) is 4.68 Å². The Kier molecular flexibility index (Phi) is 2.44. The Balaban J connectivity index is 2.37. The van der Waals surface area contributed by atoms with Crippen LogP contribution in [-0.2, 0) is 0 Å². The van der Waals surface area contributed by atoms with Crippen LogP contribution in [0.15, 0.2) is 6.20 Å². The highest BCUT2D eigenvalue weighted by Crippen LogP contribution is 2.18. The van der Waals surface area contributed by atoms with Crippen LogP contribution in [0.4, 0.5) is 5.82 Å². The highest BCUT2D eigenvalue weighted by molar-refractivity contribution is 7.08. The van der Waals surface area contributed by atoms with Crippen LogP contribution in [0.1, 0.15) is 31.2 Å². The van der Waals surface area contributed by atoms with E-state index < -0.39 is 0 Å². The molecule has 5 nitrogen and oxygen atoms in total. The summed E-state index contributed by atoms with van der Waals surface area (Å²) in [4.78, 5) is 4.39.